The summed E-state index contributed by atoms with van der Waals surface area (Å²) in [5, 5.41) is 6.60. The molecule has 0 aliphatic heterocycles. The van der Waals surface area contributed by atoms with Crippen LogP contribution in [0.2, 0.25) is 0 Å². The van der Waals surface area contributed by atoms with Gasteiger partial charge in [0.1, 0.15) is 16.9 Å². The van der Waals surface area contributed by atoms with Crippen LogP contribution in [0, 0.1) is 18.7 Å². The number of methoxy groups -OCH3 is 1. The molecule has 0 spiro atoms. The second-order valence-electron chi connectivity index (χ2n) is 9.72. The second-order valence-corrected chi connectivity index (χ2v) is 11.0. The van der Waals surface area contributed by atoms with Crippen LogP contribution in [0.4, 0.5) is 4.39 Å². The SMILES string of the molecule is COC(=O)C(C)C[C@H](NC(=O)c1ccc(-c2ncc(C)s2)cc1)C(=O)NC(C)(C)Cc1ccc(F)cc1. The van der Waals surface area contributed by atoms with Gasteiger partial charge in [0.05, 0.1) is 13.0 Å². The topological polar surface area (TPSA) is 97.4 Å². The molecule has 0 aliphatic carbocycles. The van der Waals surface area contributed by atoms with Crippen LogP contribution in [0.5, 0.6) is 0 Å². The molecule has 2 atom stereocenters. The highest BCUT2D eigenvalue weighted by atomic mass is 32.1. The number of esters is 1. The third-order valence-electron chi connectivity index (χ3n) is 5.85. The molecule has 0 bridgehead atoms. The largest absolute Gasteiger partial charge is 0.469 e. The van der Waals surface area contributed by atoms with Crippen molar-refractivity contribution in [2.24, 2.45) is 5.92 Å². The molecule has 0 saturated carbocycles. The van der Waals surface area contributed by atoms with Gasteiger partial charge in [-0.3, -0.25) is 14.4 Å². The number of benzene rings is 2. The molecule has 0 aliphatic rings. The highest BCUT2D eigenvalue weighted by Crippen LogP contribution is 2.25. The van der Waals surface area contributed by atoms with Crippen molar-refractivity contribution in [3.63, 3.8) is 0 Å². The van der Waals surface area contributed by atoms with Crippen LogP contribution in [-0.2, 0) is 20.7 Å². The Morgan fingerprint density at radius 1 is 1.08 bits per heavy atom. The minimum Gasteiger partial charge on any atom is -0.469 e. The third kappa shape index (κ3) is 7.95. The average molecular weight is 526 g/mol. The number of amides is 2. The Morgan fingerprint density at radius 2 is 1.73 bits per heavy atom. The number of carbonyl (C=O) groups is 3. The van der Waals surface area contributed by atoms with Gasteiger partial charge in [-0.05, 0) is 63.4 Å². The van der Waals surface area contributed by atoms with E-state index in [9.17, 15) is 18.8 Å². The Bertz CT molecular complexity index is 1240. The van der Waals surface area contributed by atoms with E-state index >= 15 is 0 Å². The van der Waals surface area contributed by atoms with Crippen molar-refractivity contribution in [2.45, 2.75) is 52.1 Å². The fraction of sp³-hybridized carbons (Fsp3) is 0.357. The van der Waals surface area contributed by atoms with Crippen LogP contribution < -0.4 is 10.6 Å². The quantitative estimate of drug-likeness (QED) is 0.374. The van der Waals surface area contributed by atoms with Gasteiger partial charge in [-0.2, -0.15) is 0 Å². The number of thiazole rings is 1. The number of aromatic nitrogens is 1. The van der Waals surface area contributed by atoms with E-state index in [-0.39, 0.29) is 12.2 Å². The molecule has 7 nitrogen and oxygen atoms in total. The summed E-state index contributed by atoms with van der Waals surface area (Å²) in [6, 6.07) is 12.1. The molecular weight excluding hydrogens is 493 g/mol. The van der Waals surface area contributed by atoms with E-state index in [0.29, 0.717) is 12.0 Å². The van der Waals surface area contributed by atoms with Gasteiger partial charge in [0.25, 0.3) is 5.91 Å². The van der Waals surface area contributed by atoms with Crippen molar-refractivity contribution in [3.8, 4) is 10.6 Å². The van der Waals surface area contributed by atoms with E-state index in [1.807, 2.05) is 32.9 Å². The second kappa shape index (κ2) is 12.1. The number of ether oxygens (including phenoxy) is 1. The first-order valence-electron chi connectivity index (χ1n) is 12.0. The van der Waals surface area contributed by atoms with Gasteiger partial charge in [0.2, 0.25) is 5.91 Å². The van der Waals surface area contributed by atoms with E-state index in [0.717, 1.165) is 21.0 Å². The monoisotopic (exact) mass is 525 g/mol. The summed E-state index contributed by atoms with van der Waals surface area (Å²) in [4.78, 5) is 43.9. The predicted octanol–water partition coefficient (Wildman–Crippen LogP) is 4.69. The highest BCUT2D eigenvalue weighted by molar-refractivity contribution is 7.14. The Balaban J connectivity index is 1.74. The summed E-state index contributed by atoms with van der Waals surface area (Å²) in [5.74, 6) is -2.28. The third-order valence-corrected chi connectivity index (χ3v) is 6.81. The standard InChI is InChI=1S/C28H32FN3O4S/c1-17(27(35)36-5)14-23(25(34)32-28(3,4)15-19-6-12-22(29)13-7-19)31-24(33)20-8-10-21(11-9-20)26-30-16-18(2)37-26/h6-13,16-17,23H,14-15H2,1-5H3,(H,31,33)(H,32,34)/t17?,23-/m0/s1. The normalized spacial score (nSPS) is 12.9. The maximum absolute atomic E-state index is 13.3. The van der Waals surface area contributed by atoms with E-state index in [2.05, 4.69) is 15.6 Å². The minimum absolute atomic E-state index is 0.0628. The van der Waals surface area contributed by atoms with Crippen molar-refractivity contribution in [2.75, 3.05) is 7.11 Å². The highest BCUT2D eigenvalue weighted by Gasteiger charge is 2.30. The molecule has 1 aromatic heterocycles. The average Bonchev–Trinajstić information content (AvgIpc) is 3.30. The Hall–Kier alpha value is -3.59. The number of carbonyl (C=O) groups excluding carboxylic acids is 3. The summed E-state index contributed by atoms with van der Waals surface area (Å²) >= 11 is 1.56. The lowest BCUT2D eigenvalue weighted by molar-refractivity contribution is -0.145. The van der Waals surface area contributed by atoms with Gasteiger partial charge in [-0.15, -0.1) is 11.3 Å². The first kappa shape index (κ1) is 28.0. The van der Waals surface area contributed by atoms with Crippen LogP contribution in [0.1, 0.15) is 48.0 Å². The lowest BCUT2D eigenvalue weighted by Gasteiger charge is -2.30. The Labute approximate surface area is 220 Å². The summed E-state index contributed by atoms with van der Waals surface area (Å²) in [7, 11) is 1.28. The number of nitrogens with one attached hydrogen (secondary N) is 2. The van der Waals surface area contributed by atoms with Crippen molar-refractivity contribution in [3.05, 3.63) is 76.5 Å². The molecule has 3 rings (SSSR count). The summed E-state index contributed by atoms with van der Waals surface area (Å²) < 4.78 is 18.1. The summed E-state index contributed by atoms with van der Waals surface area (Å²) in [5.41, 5.74) is 1.43. The zero-order valence-corrected chi connectivity index (χ0v) is 22.4. The minimum atomic E-state index is -0.976. The van der Waals surface area contributed by atoms with E-state index < -0.39 is 35.3 Å². The van der Waals surface area contributed by atoms with Crippen molar-refractivity contribution < 1.29 is 23.5 Å². The Morgan fingerprint density at radius 3 is 2.30 bits per heavy atom. The van der Waals surface area contributed by atoms with Crippen LogP contribution >= 0.6 is 11.3 Å². The Kier molecular flexibility index (Phi) is 9.15. The van der Waals surface area contributed by atoms with Gasteiger partial charge in [0, 0.05) is 27.7 Å². The van der Waals surface area contributed by atoms with Crippen LogP contribution in [0.3, 0.4) is 0 Å². The maximum atomic E-state index is 13.3. The van der Waals surface area contributed by atoms with Gasteiger partial charge < -0.3 is 15.4 Å². The summed E-state index contributed by atoms with van der Waals surface area (Å²) in [6.45, 7) is 7.31. The zero-order valence-electron chi connectivity index (χ0n) is 21.6. The van der Waals surface area contributed by atoms with Crippen LogP contribution in [0.15, 0.2) is 54.7 Å². The predicted molar refractivity (Wildman–Crippen MR) is 142 cm³/mol. The number of nitrogens with zero attached hydrogens (tertiary/aromatic N) is 1. The van der Waals surface area contributed by atoms with Crippen LogP contribution in [-0.4, -0.2) is 41.5 Å². The first-order chi connectivity index (χ1) is 17.5. The molecular formula is C28H32FN3O4S. The number of hydrogen-bond acceptors (Lipinski definition) is 6. The molecule has 0 saturated heterocycles. The summed E-state index contributed by atoms with van der Waals surface area (Å²) in [6.07, 6.45) is 2.31. The zero-order chi connectivity index (χ0) is 27.2. The number of rotatable bonds is 10. The van der Waals surface area contributed by atoms with E-state index in [4.69, 9.17) is 4.74 Å². The lowest BCUT2D eigenvalue weighted by atomic mass is 9.93. The molecule has 2 aromatic carbocycles. The van der Waals surface area contributed by atoms with Gasteiger partial charge in [0.15, 0.2) is 0 Å². The van der Waals surface area contributed by atoms with E-state index in [1.165, 1.54) is 19.2 Å². The van der Waals surface area contributed by atoms with Crippen molar-refractivity contribution in [1.82, 2.24) is 15.6 Å². The molecule has 1 heterocycles. The smallest absolute Gasteiger partial charge is 0.308 e. The molecule has 0 radical (unpaired) electrons. The number of hydrogen-bond donors (Lipinski definition) is 2. The lowest BCUT2D eigenvalue weighted by Crippen LogP contribution is -2.54. The molecule has 2 N–H and O–H groups in total. The molecule has 9 heteroatoms. The number of halogens is 1. The van der Waals surface area contributed by atoms with Crippen LogP contribution in [0.25, 0.3) is 10.6 Å². The van der Waals surface area contributed by atoms with Gasteiger partial charge >= 0.3 is 5.97 Å². The molecule has 0 fully saturated rings. The molecule has 3 aromatic rings. The molecule has 37 heavy (non-hydrogen) atoms. The fourth-order valence-electron chi connectivity index (χ4n) is 3.95. The van der Waals surface area contributed by atoms with Crippen molar-refractivity contribution in [1.29, 1.82) is 0 Å². The molecule has 1 unspecified atom stereocenters. The molecule has 196 valence electrons. The fourth-order valence-corrected chi connectivity index (χ4v) is 4.72. The molecule has 2 amide bonds. The van der Waals surface area contributed by atoms with Gasteiger partial charge in [-0.25, -0.2) is 9.37 Å². The van der Waals surface area contributed by atoms with Gasteiger partial charge in [-0.1, -0.05) is 31.2 Å². The first-order valence-corrected chi connectivity index (χ1v) is 12.8. The van der Waals surface area contributed by atoms with Crippen molar-refractivity contribution >= 4 is 29.1 Å². The maximum Gasteiger partial charge on any atom is 0.308 e. The van der Waals surface area contributed by atoms with E-state index in [1.54, 1.807) is 48.7 Å². The number of aryl methyl sites for hydroxylation is 1.